The van der Waals surface area contributed by atoms with Crippen molar-refractivity contribution in [2.75, 3.05) is 78.6 Å². The van der Waals surface area contributed by atoms with Crippen LogP contribution in [0, 0.1) is 72.9 Å². The molecule has 0 spiro atoms. The fourth-order valence-corrected chi connectivity index (χ4v) is 7.22. The molecule has 2 aliphatic heterocycles. The highest BCUT2D eigenvalue weighted by atomic mass is 32.2. The lowest BCUT2D eigenvalue weighted by Gasteiger charge is -2.28. The number of anilines is 2. The summed E-state index contributed by atoms with van der Waals surface area (Å²) in [5.74, 6) is 21.8. The Labute approximate surface area is 426 Å². The van der Waals surface area contributed by atoms with Crippen molar-refractivity contribution in [3.63, 3.8) is 0 Å². The molecule has 19 nitrogen and oxygen atoms in total. The van der Waals surface area contributed by atoms with Crippen LogP contribution in [0.1, 0.15) is 64.7 Å². The Morgan fingerprint density at radius 3 is 1.54 bits per heavy atom. The molecule has 0 saturated carbocycles. The number of aldehydes is 1. The van der Waals surface area contributed by atoms with Crippen molar-refractivity contribution in [2.24, 2.45) is 0 Å². The van der Waals surface area contributed by atoms with Crippen LogP contribution in [-0.4, -0.2) is 131 Å². The highest BCUT2D eigenvalue weighted by Gasteiger charge is 2.22. The number of nitrogens with one attached hydrogen (secondary N) is 3. The molecule has 2 amide bonds. The number of thiol groups is 1. The van der Waals surface area contributed by atoms with Crippen LogP contribution in [0.15, 0.2) is 54.2 Å². The normalized spacial score (nSPS) is 13.8. The Kier molecular flexibility index (Phi) is 41.0. The van der Waals surface area contributed by atoms with Crippen LogP contribution >= 0.6 is 12.9 Å². The lowest BCUT2D eigenvalue weighted by Crippen LogP contribution is -2.40. The zero-order valence-corrected chi connectivity index (χ0v) is 39.4. The monoisotopic (exact) mass is 1030 g/mol. The van der Waals surface area contributed by atoms with E-state index < -0.39 is 37.8 Å². The van der Waals surface area contributed by atoms with Gasteiger partial charge in [-0.05, 0) is 122 Å². The van der Waals surface area contributed by atoms with E-state index in [1.165, 1.54) is 11.7 Å². The lowest BCUT2D eigenvalue weighted by atomic mass is 10.1. The van der Waals surface area contributed by atoms with Gasteiger partial charge in [0.1, 0.15) is 6.29 Å². The van der Waals surface area contributed by atoms with Crippen molar-refractivity contribution in [3.8, 4) is 59.7 Å². The first-order chi connectivity index (χ1) is 31.9. The highest BCUT2D eigenvalue weighted by molar-refractivity contribution is 7.91. The predicted octanol–water partition coefficient (Wildman–Crippen LogP) is 4.12. The first-order valence-electron chi connectivity index (χ1n) is 19.5. The fourth-order valence-electron chi connectivity index (χ4n) is 4.78. The van der Waals surface area contributed by atoms with Gasteiger partial charge in [0.15, 0.2) is 19.7 Å². The molecule has 22 heteroatoms. The Morgan fingerprint density at radius 1 is 0.786 bits per heavy atom. The third-order valence-corrected chi connectivity index (χ3v) is 11.3. The highest BCUT2D eigenvalue weighted by Crippen LogP contribution is 2.20. The van der Waals surface area contributed by atoms with Crippen LogP contribution in [0.25, 0.3) is 15.8 Å². The number of carbonyl (C=O) groups excluding carboxylic acids is 3. The summed E-state index contributed by atoms with van der Waals surface area (Å²) in [6, 6.07) is 14.4. The van der Waals surface area contributed by atoms with E-state index in [0.717, 1.165) is 17.7 Å². The zero-order chi connectivity index (χ0) is 50.5. The van der Waals surface area contributed by atoms with Crippen LogP contribution in [0.4, 0.5) is 11.4 Å². The van der Waals surface area contributed by atoms with Gasteiger partial charge in [-0.1, -0.05) is 40.3 Å². The summed E-state index contributed by atoms with van der Waals surface area (Å²) in [6.45, 7) is 20.4. The topological polar surface area (TPSA) is 250 Å². The maximum absolute atomic E-state index is 11.9. The number of hydrogen-bond acceptors (Lipinski definition) is 16. The number of amides is 2. The van der Waals surface area contributed by atoms with Gasteiger partial charge in [0.25, 0.3) is 18.1 Å². The van der Waals surface area contributed by atoms with Crippen molar-refractivity contribution in [2.45, 2.75) is 55.3 Å². The Hall–Kier alpha value is -6.82. The minimum atomic E-state index is -2.92. The van der Waals surface area contributed by atoms with Gasteiger partial charge in [-0.25, -0.2) is 37.8 Å². The second-order valence-electron chi connectivity index (χ2n) is 13.3. The predicted molar refractivity (Wildman–Crippen MR) is 287 cm³/mol. The van der Waals surface area contributed by atoms with Crippen LogP contribution in [0.5, 0.6) is 0 Å². The van der Waals surface area contributed by atoms with E-state index in [0.29, 0.717) is 37.3 Å². The number of nitrogens with zero attached hydrogens (tertiary/aromatic N) is 4. The van der Waals surface area contributed by atoms with Gasteiger partial charge in [0.05, 0.1) is 41.8 Å². The minimum Gasteiger partial charge on any atom is -0.392 e. The van der Waals surface area contributed by atoms with Crippen LogP contribution in [0.3, 0.4) is 0 Å². The van der Waals surface area contributed by atoms with E-state index in [-0.39, 0.29) is 82.2 Å². The lowest BCUT2D eigenvalue weighted by molar-refractivity contribution is -0.343. The molecule has 70 heavy (non-hydrogen) atoms. The molecule has 0 aliphatic carbocycles. The van der Waals surface area contributed by atoms with E-state index >= 15 is 0 Å². The number of sulfone groups is 2. The smallest absolute Gasteiger partial charge is 0.300 e. The summed E-state index contributed by atoms with van der Waals surface area (Å²) < 4.78 is 49.1. The van der Waals surface area contributed by atoms with Crippen molar-refractivity contribution in [3.05, 3.63) is 88.2 Å². The molecule has 2 aromatic rings. The van der Waals surface area contributed by atoms with Crippen LogP contribution in [0.2, 0.25) is 0 Å². The molecule has 2 unspecified atom stereocenters. The van der Waals surface area contributed by atoms with Crippen LogP contribution < -0.4 is 26.1 Å². The first-order valence-corrected chi connectivity index (χ1v) is 23.5. The molecule has 388 valence electrons. The minimum absolute atomic E-state index is 0. The zero-order valence-electron chi connectivity index (χ0n) is 36.9. The van der Waals surface area contributed by atoms with Crippen molar-refractivity contribution < 1.29 is 61.7 Å². The Morgan fingerprint density at radius 2 is 1.20 bits per heavy atom. The maximum Gasteiger partial charge on any atom is 0.300 e. The molecule has 2 heterocycles. The SMILES string of the molecule is C.C.C.C#CC#CC#CC#CC#CC.O=Cc1ccc(N2CCS(=O)(=O)CC2)cc1.OONOS.[C-]#[N+]/C(=C\c1ccc(N2CCS(=O)(=O)CC2)cc1)C(=O)NCC(C)O.[C-]#[N+]CC(=O)NCC(C)O.[HH].[HH].[HH].[HH]. The summed E-state index contributed by atoms with van der Waals surface area (Å²) >= 11 is 3.10. The second-order valence-corrected chi connectivity index (χ2v) is 18.1. The summed E-state index contributed by atoms with van der Waals surface area (Å²) in [5, 5.41) is 30.0. The number of carbonyl (C=O) groups is 3. The van der Waals surface area contributed by atoms with E-state index in [1.54, 1.807) is 45.0 Å². The van der Waals surface area contributed by atoms with Gasteiger partial charge in [-0.15, -0.1) is 11.4 Å². The maximum atomic E-state index is 11.9. The standard InChI is InChI=1S/C17H21N3O4S.C11H13NO3S.C11H4.C6H10N2O2.3CH4.H3NO3S.4H2/c1-13(21)12-19-17(22)16(18-2)11-14-3-5-15(6-4-14)20-7-9-25(23,24)10-8-20;13-9-10-1-3-11(4-2-10)12-5-7-16(14,15)8-6-12;1-3-5-7-9-11-10-8-6-4-2;1-5(9)3-8-6(10)4-7-2;;;;2-3-1-4-5;;;;/h3-6,11,13,21H,7-10,12H2,1H3,(H,19,22);1-4,9H,5-8H2;1H,2H3;5,9H,3-4H2,1H3,(H,8,10);3*1H4;1-2,5H;4*1H/b16-11-;;;;;;;;;;;. The van der Waals surface area contributed by atoms with Gasteiger partial charge >= 0.3 is 0 Å². The molecule has 6 N–H and O–H groups in total. The Balaban J connectivity index is -0.000000130. The van der Waals surface area contributed by atoms with Crippen molar-refractivity contribution in [1.82, 2.24) is 16.3 Å². The first kappa shape index (κ1) is 69.7. The van der Waals surface area contributed by atoms with Crippen LogP contribution in [-0.2, 0) is 38.5 Å². The third-order valence-electron chi connectivity index (χ3n) is 8.02. The van der Waals surface area contributed by atoms with E-state index in [1.807, 2.05) is 34.1 Å². The fraction of sp³-hybridized carbons (Fsp3) is 0.396. The molecule has 0 bridgehead atoms. The number of hydrogen-bond donors (Lipinski definition) is 7. The molecule has 0 aromatic heterocycles. The van der Waals surface area contributed by atoms with E-state index in [9.17, 15) is 36.3 Å². The van der Waals surface area contributed by atoms with Gasteiger partial charge in [-0.2, -0.15) is 0 Å². The van der Waals surface area contributed by atoms with Crippen molar-refractivity contribution >= 4 is 68.1 Å². The molecule has 2 aliphatic rings. The van der Waals surface area contributed by atoms with Gasteiger partial charge in [-0.3, -0.25) is 14.4 Å². The average Bonchev–Trinajstić information content (AvgIpc) is 3.30. The molecule has 2 saturated heterocycles. The molecular formula is C48H71N7O12S3. The molecule has 2 fully saturated rings. The van der Waals surface area contributed by atoms with Gasteiger partial charge < -0.3 is 35.5 Å². The largest absolute Gasteiger partial charge is 0.392 e. The number of terminal acetylenes is 1. The van der Waals surface area contributed by atoms with Gasteiger partial charge in [0.2, 0.25) is 5.91 Å². The number of aliphatic hydroxyl groups is 2. The third kappa shape index (κ3) is 34.5. The average molecular weight is 1030 g/mol. The molecule has 2 atom stereocenters. The van der Waals surface area contributed by atoms with E-state index in [4.69, 9.17) is 29.9 Å². The second kappa shape index (κ2) is 41.2. The molecule has 0 radical (unpaired) electrons. The summed E-state index contributed by atoms with van der Waals surface area (Å²) in [5.41, 5.74) is 4.69. The number of benzene rings is 2. The summed E-state index contributed by atoms with van der Waals surface area (Å²) in [4.78, 5) is 46.2. The summed E-state index contributed by atoms with van der Waals surface area (Å²) in [6.07, 6.45) is 5.89. The number of rotatable bonds is 12. The van der Waals surface area contributed by atoms with Gasteiger partial charge in [0, 0.05) is 74.8 Å². The molecule has 2 aromatic carbocycles. The quantitative estimate of drug-likeness (QED) is 0.0231. The summed E-state index contributed by atoms with van der Waals surface area (Å²) in [7, 11) is -5.75. The Bertz CT molecular complexity index is 2530. The number of aliphatic hydroxyl groups excluding tert-OH is 2. The van der Waals surface area contributed by atoms with E-state index in [2.05, 4.69) is 95.8 Å². The van der Waals surface area contributed by atoms with Crippen molar-refractivity contribution in [1.29, 1.82) is 0 Å². The molecular weight excluding hydrogens is 963 g/mol. The molecule has 4 rings (SSSR count).